The molecule has 0 aliphatic carbocycles. The van der Waals surface area contributed by atoms with Gasteiger partial charge in [-0.3, -0.25) is 9.59 Å². The smallest absolute Gasteiger partial charge is 0.311 e. The maximum absolute atomic E-state index is 11.8. The Balaban J connectivity index is 2.37. The lowest BCUT2D eigenvalue weighted by Gasteiger charge is -2.07. The topological polar surface area (TPSA) is 52.6 Å². The predicted octanol–water partition coefficient (Wildman–Crippen LogP) is 5.41. The first kappa shape index (κ1) is 21.2. The minimum Gasteiger partial charge on any atom is -0.426 e. The SMILES string of the molecule is O=C(CCCCCBr)Oc1cccc(OC(=O)CCCCCBr)c1. The molecule has 0 spiro atoms. The lowest BCUT2D eigenvalue weighted by Crippen LogP contribution is -2.09. The molecule has 0 unspecified atom stereocenters. The van der Waals surface area contributed by atoms with Crippen LogP contribution in [0.4, 0.5) is 0 Å². The third kappa shape index (κ3) is 10.1. The fourth-order valence-corrected chi connectivity index (χ4v) is 2.84. The van der Waals surface area contributed by atoms with Gasteiger partial charge in [0.15, 0.2) is 0 Å². The molecule has 0 saturated heterocycles. The summed E-state index contributed by atoms with van der Waals surface area (Å²) in [4.78, 5) is 23.5. The van der Waals surface area contributed by atoms with Gasteiger partial charge in [-0.1, -0.05) is 50.8 Å². The highest BCUT2D eigenvalue weighted by Crippen LogP contribution is 2.21. The normalized spacial score (nSPS) is 10.4. The van der Waals surface area contributed by atoms with Crippen LogP contribution in [0.1, 0.15) is 51.4 Å². The van der Waals surface area contributed by atoms with Crippen molar-refractivity contribution in [1.82, 2.24) is 0 Å². The molecular formula is C18H24Br2O4. The third-order valence-corrected chi connectivity index (χ3v) is 4.42. The average molecular weight is 464 g/mol. The zero-order valence-electron chi connectivity index (χ0n) is 13.8. The summed E-state index contributed by atoms with van der Waals surface area (Å²) in [6.07, 6.45) is 6.50. The Morgan fingerprint density at radius 1 is 0.750 bits per heavy atom. The van der Waals surface area contributed by atoms with Crippen LogP contribution in [0, 0.1) is 0 Å². The van der Waals surface area contributed by atoms with E-state index in [1.54, 1.807) is 24.3 Å². The molecule has 0 amide bonds. The van der Waals surface area contributed by atoms with Crippen molar-refractivity contribution in [3.8, 4) is 11.5 Å². The van der Waals surface area contributed by atoms with Crippen molar-refractivity contribution in [2.45, 2.75) is 51.4 Å². The number of rotatable bonds is 12. The molecule has 24 heavy (non-hydrogen) atoms. The molecule has 0 heterocycles. The van der Waals surface area contributed by atoms with Crippen molar-refractivity contribution in [2.24, 2.45) is 0 Å². The minimum absolute atomic E-state index is 0.261. The summed E-state index contributed by atoms with van der Waals surface area (Å²) in [5, 5.41) is 1.90. The zero-order valence-corrected chi connectivity index (χ0v) is 16.9. The number of halogens is 2. The Kier molecular flexibility index (Phi) is 11.8. The van der Waals surface area contributed by atoms with Gasteiger partial charge < -0.3 is 9.47 Å². The summed E-state index contributed by atoms with van der Waals surface area (Å²) >= 11 is 6.72. The number of hydrogen-bond donors (Lipinski definition) is 0. The first-order valence-corrected chi connectivity index (χ1v) is 10.5. The quantitative estimate of drug-likeness (QED) is 0.180. The highest BCUT2D eigenvalue weighted by atomic mass is 79.9. The molecule has 0 atom stereocenters. The van der Waals surface area contributed by atoms with Gasteiger partial charge in [-0.15, -0.1) is 0 Å². The number of ether oxygens (including phenoxy) is 2. The van der Waals surface area contributed by atoms with Crippen LogP contribution in [0.25, 0.3) is 0 Å². The highest BCUT2D eigenvalue weighted by Gasteiger charge is 2.08. The van der Waals surface area contributed by atoms with Gasteiger partial charge in [0.1, 0.15) is 11.5 Å². The summed E-state index contributed by atoms with van der Waals surface area (Å²) in [6.45, 7) is 0. The van der Waals surface area contributed by atoms with Crippen LogP contribution in [-0.2, 0) is 9.59 Å². The van der Waals surface area contributed by atoms with Crippen molar-refractivity contribution in [3.63, 3.8) is 0 Å². The number of carbonyl (C=O) groups is 2. The van der Waals surface area contributed by atoms with E-state index >= 15 is 0 Å². The Morgan fingerprint density at radius 3 is 1.62 bits per heavy atom. The van der Waals surface area contributed by atoms with Gasteiger partial charge in [0, 0.05) is 29.6 Å². The van der Waals surface area contributed by atoms with E-state index in [1.165, 1.54) is 0 Å². The molecule has 134 valence electrons. The first-order valence-electron chi connectivity index (χ1n) is 8.29. The van der Waals surface area contributed by atoms with Crippen molar-refractivity contribution in [2.75, 3.05) is 10.7 Å². The van der Waals surface area contributed by atoms with Gasteiger partial charge in [0.05, 0.1) is 0 Å². The predicted molar refractivity (Wildman–Crippen MR) is 102 cm³/mol. The van der Waals surface area contributed by atoms with Crippen LogP contribution >= 0.6 is 31.9 Å². The Morgan fingerprint density at radius 2 is 1.21 bits per heavy atom. The number of unbranched alkanes of at least 4 members (excludes halogenated alkanes) is 4. The fraction of sp³-hybridized carbons (Fsp3) is 0.556. The van der Waals surface area contributed by atoms with Crippen molar-refractivity contribution < 1.29 is 19.1 Å². The third-order valence-electron chi connectivity index (χ3n) is 3.30. The maximum Gasteiger partial charge on any atom is 0.311 e. The highest BCUT2D eigenvalue weighted by molar-refractivity contribution is 9.09. The molecule has 1 aromatic rings. The Bertz CT molecular complexity index is 464. The monoisotopic (exact) mass is 462 g/mol. The molecule has 0 N–H and O–H groups in total. The molecule has 0 saturated carbocycles. The van der Waals surface area contributed by atoms with E-state index in [1.807, 2.05) is 0 Å². The van der Waals surface area contributed by atoms with Gasteiger partial charge >= 0.3 is 11.9 Å². The van der Waals surface area contributed by atoms with Crippen LogP contribution in [0.5, 0.6) is 11.5 Å². The molecule has 1 aromatic carbocycles. The van der Waals surface area contributed by atoms with E-state index in [4.69, 9.17) is 9.47 Å². The summed E-state index contributed by atoms with van der Waals surface area (Å²) in [7, 11) is 0. The average Bonchev–Trinajstić information content (AvgIpc) is 2.56. The van der Waals surface area contributed by atoms with Crippen LogP contribution in [0.3, 0.4) is 0 Å². The number of alkyl halides is 2. The van der Waals surface area contributed by atoms with Crippen LogP contribution in [0.2, 0.25) is 0 Å². The standard InChI is InChI=1S/C18H24Br2O4/c19-12-5-1-3-10-17(21)23-15-8-7-9-16(14-15)24-18(22)11-4-2-6-13-20/h7-9,14H,1-6,10-13H2. The van der Waals surface area contributed by atoms with E-state index in [2.05, 4.69) is 31.9 Å². The Hall–Kier alpha value is -0.880. The minimum atomic E-state index is -0.261. The van der Waals surface area contributed by atoms with E-state index in [0.717, 1.165) is 49.2 Å². The lowest BCUT2D eigenvalue weighted by molar-refractivity contribution is -0.135. The zero-order chi connectivity index (χ0) is 17.6. The van der Waals surface area contributed by atoms with Crippen LogP contribution in [-0.4, -0.2) is 22.6 Å². The number of esters is 2. The van der Waals surface area contributed by atoms with Crippen molar-refractivity contribution in [1.29, 1.82) is 0 Å². The number of benzene rings is 1. The van der Waals surface area contributed by atoms with Gasteiger partial charge in [0.25, 0.3) is 0 Å². The molecule has 0 aliphatic rings. The van der Waals surface area contributed by atoms with E-state index in [-0.39, 0.29) is 11.9 Å². The molecule has 0 bridgehead atoms. The molecule has 6 heteroatoms. The van der Waals surface area contributed by atoms with Gasteiger partial charge in [-0.25, -0.2) is 0 Å². The van der Waals surface area contributed by atoms with Gasteiger partial charge in [0.2, 0.25) is 0 Å². The van der Waals surface area contributed by atoms with E-state index in [0.29, 0.717) is 24.3 Å². The number of hydrogen-bond acceptors (Lipinski definition) is 4. The summed E-state index contributed by atoms with van der Waals surface area (Å²) in [5.41, 5.74) is 0. The van der Waals surface area contributed by atoms with Crippen LogP contribution < -0.4 is 9.47 Å². The van der Waals surface area contributed by atoms with Crippen LogP contribution in [0.15, 0.2) is 24.3 Å². The fourth-order valence-electron chi connectivity index (χ4n) is 2.05. The number of carbonyl (C=O) groups excluding carboxylic acids is 2. The Labute approximate surface area is 160 Å². The first-order chi connectivity index (χ1) is 11.7. The van der Waals surface area contributed by atoms with Crippen molar-refractivity contribution >= 4 is 43.8 Å². The van der Waals surface area contributed by atoms with E-state index in [9.17, 15) is 9.59 Å². The lowest BCUT2D eigenvalue weighted by atomic mass is 10.2. The molecular weight excluding hydrogens is 440 g/mol. The molecule has 4 nitrogen and oxygen atoms in total. The summed E-state index contributed by atoms with van der Waals surface area (Å²) < 4.78 is 10.6. The molecule has 0 aliphatic heterocycles. The largest absolute Gasteiger partial charge is 0.426 e. The second-order valence-electron chi connectivity index (χ2n) is 5.42. The molecule has 1 rings (SSSR count). The van der Waals surface area contributed by atoms with E-state index < -0.39 is 0 Å². The summed E-state index contributed by atoms with van der Waals surface area (Å²) in [6, 6.07) is 6.65. The molecule has 0 fully saturated rings. The molecule has 0 radical (unpaired) electrons. The second kappa shape index (κ2) is 13.4. The van der Waals surface area contributed by atoms with Gasteiger partial charge in [-0.05, 0) is 37.8 Å². The molecule has 0 aromatic heterocycles. The van der Waals surface area contributed by atoms with Crippen molar-refractivity contribution in [3.05, 3.63) is 24.3 Å². The summed E-state index contributed by atoms with van der Waals surface area (Å²) in [5.74, 6) is 0.292. The maximum atomic E-state index is 11.8. The van der Waals surface area contributed by atoms with Gasteiger partial charge in [-0.2, -0.15) is 0 Å². The second-order valence-corrected chi connectivity index (χ2v) is 7.01.